The molecule has 1 unspecified atom stereocenters. The van der Waals surface area contributed by atoms with Crippen molar-refractivity contribution in [2.24, 2.45) is 0 Å². The van der Waals surface area contributed by atoms with E-state index in [1.165, 1.54) is 12.1 Å². The van der Waals surface area contributed by atoms with Gasteiger partial charge in [-0.2, -0.15) is 4.57 Å². The lowest BCUT2D eigenvalue weighted by Gasteiger charge is -2.20. The van der Waals surface area contributed by atoms with Gasteiger partial charge in [0.15, 0.2) is 0 Å². The summed E-state index contributed by atoms with van der Waals surface area (Å²) in [6.07, 6.45) is -1.54. The Bertz CT molecular complexity index is 1380. The van der Waals surface area contributed by atoms with E-state index >= 15 is 0 Å². The van der Waals surface area contributed by atoms with Gasteiger partial charge in [-0.25, -0.2) is 0 Å². The SMILES string of the molecule is CCCCC1C(=O)[C@@H]2CCCN2c2nc(Oc3cccc(OC(F)(F)F)c3)n(Cc3ccc(Cl)cc3)c2[N+]1=O. The van der Waals surface area contributed by atoms with Gasteiger partial charge in [0.1, 0.15) is 18.0 Å². The van der Waals surface area contributed by atoms with Crippen molar-refractivity contribution in [1.82, 2.24) is 9.55 Å². The second-order valence-corrected chi connectivity index (χ2v) is 10.1. The standard InChI is InChI=1S/C27H27ClF3N4O4/c1-2-3-8-22-23(36)21-9-5-14-33(21)24-25(35(22)37)34(16-17-10-12-18(28)13-11-17)26(32-24)38-19-6-4-7-20(15-19)39-27(29,30)31/h4,6-7,10-13,15,21-22H,2-3,5,8-9,14,16H2,1H3/q+1/t21-,22?/m0/s1. The molecule has 2 atom stereocenters. The van der Waals surface area contributed by atoms with Gasteiger partial charge >= 0.3 is 18.2 Å². The van der Waals surface area contributed by atoms with Crippen molar-refractivity contribution in [3.8, 4) is 17.5 Å². The maximum Gasteiger partial charge on any atom is 0.573 e. The molecule has 0 saturated carbocycles. The van der Waals surface area contributed by atoms with Crippen molar-refractivity contribution in [2.75, 3.05) is 11.4 Å². The Hall–Kier alpha value is -3.60. The van der Waals surface area contributed by atoms with Crippen molar-refractivity contribution >= 4 is 29.0 Å². The number of anilines is 1. The third-order valence-electron chi connectivity index (χ3n) is 6.89. The minimum absolute atomic E-state index is 0.00852. The zero-order chi connectivity index (χ0) is 27.7. The lowest BCUT2D eigenvalue weighted by molar-refractivity contribution is -0.496. The van der Waals surface area contributed by atoms with Gasteiger partial charge < -0.3 is 14.4 Å². The summed E-state index contributed by atoms with van der Waals surface area (Å²) >= 11 is 6.06. The van der Waals surface area contributed by atoms with Crippen LogP contribution in [0.15, 0.2) is 48.5 Å². The van der Waals surface area contributed by atoms with Crippen LogP contribution in [0.1, 0.15) is 44.6 Å². The van der Waals surface area contributed by atoms with E-state index in [0.717, 1.165) is 35.3 Å². The molecule has 0 spiro atoms. The van der Waals surface area contributed by atoms with Gasteiger partial charge in [0.05, 0.1) is 6.04 Å². The van der Waals surface area contributed by atoms with E-state index < -0.39 is 24.2 Å². The monoisotopic (exact) mass is 563 g/mol. The molecule has 0 aliphatic carbocycles. The average Bonchev–Trinajstić information content (AvgIpc) is 3.48. The van der Waals surface area contributed by atoms with E-state index in [1.54, 1.807) is 28.8 Å². The zero-order valence-electron chi connectivity index (χ0n) is 21.2. The molecule has 1 aromatic heterocycles. The third kappa shape index (κ3) is 5.73. The number of aromatic nitrogens is 2. The Labute approximate surface area is 227 Å². The second-order valence-electron chi connectivity index (χ2n) is 9.62. The molecule has 3 aromatic rings. The van der Waals surface area contributed by atoms with Gasteiger partial charge in [-0.05, 0) is 60.3 Å². The normalized spacial score (nSPS) is 19.1. The highest BCUT2D eigenvalue weighted by Crippen LogP contribution is 2.43. The number of ether oxygens (including phenoxy) is 2. The summed E-state index contributed by atoms with van der Waals surface area (Å²) in [5.41, 5.74) is 0.783. The van der Waals surface area contributed by atoms with E-state index in [1.807, 2.05) is 11.8 Å². The summed E-state index contributed by atoms with van der Waals surface area (Å²) in [5.74, 6) is -0.0181. The van der Waals surface area contributed by atoms with Crippen LogP contribution in [0.2, 0.25) is 5.02 Å². The molecule has 1 fully saturated rings. The van der Waals surface area contributed by atoms with Crippen molar-refractivity contribution in [3.63, 3.8) is 0 Å². The van der Waals surface area contributed by atoms with Crippen LogP contribution in [0.5, 0.6) is 17.5 Å². The number of hydrogen-bond acceptors (Lipinski definition) is 6. The number of carbonyl (C=O) groups excluding carboxylic acids is 1. The van der Waals surface area contributed by atoms with Crippen LogP contribution < -0.4 is 14.4 Å². The first-order valence-corrected chi connectivity index (χ1v) is 13.2. The number of ketones is 1. The number of imidazole rings is 1. The van der Waals surface area contributed by atoms with Crippen molar-refractivity contribution < 1.29 is 32.2 Å². The molecule has 2 aromatic carbocycles. The molecule has 0 radical (unpaired) electrons. The number of Topliss-reactive ketones (excluding diaryl/α,β-unsaturated/α-hetero) is 1. The summed E-state index contributed by atoms with van der Waals surface area (Å²) in [6, 6.07) is 10.8. The molecule has 3 heterocycles. The molecule has 1 saturated heterocycles. The highest BCUT2D eigenvalue weighted by atomic mass is 35.5. The van der Waals surface area contributed by atoms with E-state index in [2.05, 4.69) is 9.72 Å². The average molecular weight is 564 g/mol. The van der Waals surface area contributed by atoms with Crippen molar-refractivity contribution in [3.05, 3.63) is 64.0 Å². The lowest BCUT2D eigenvalue weighted by Crippen LogP contribution is -2.42. The Morgan fingerprint density at radius 3 is 2.62 bits per heavy atom. The Balaban J connectivity index is 1.61. The third-order valence-corrected chi connectivity index (χ3v) is 7.15. The van der Waals surface area contributed by atoms with Crippen LogP contribution in [0.4, 0.5) is 24.8 Å². The molecule has 0 amide bonds. The van der Waals surface area contributed by atoms with Gasteiger partial charge in [0.25, 0.3) is 0 Å². The van der Waals surface area contributed by atoms with Gasteiger partial charge in [-0.1, -0.05) is 48.1 Å². The number of carbonyl (C=O) groups is 1. The molecule has 39 heavy (non-hydrogen) atoms. The highest BCUT2D eigenvalue weighted by Gasteiger charge is 2.50. The first-order chi connectivity index (χ1) is 18.6. The van der Waals surface area contributed by atoms with E-state index in [-0.39, 0.29) is 29.9 Å². The van der Waals surface area contributed by atoms with E-state index in [9.17, 15) is 22.9 Å². The number of hydrogen-bond donors (Lipinski definition) is 0. The molecule has 2 aliphatic rings. The smallest absolute Gasteiger partial charge is 0.408 e. The quantitative estimate of drug-likeness (QED) is 0.281. The predicted octanol–water partition coefficient (Wildman–Crippen LogP) is 6.80. The summed E-state index contributed by atoms with van der Waals surface area (Å²) in [6.45, 7) is 2.69. The van der Waals surface area contributed by atoms with Crippen LogP contribution in [-0.2, 0) is 11.3 Å². The number of nitrogens with zero attached hydrogens (tertiary/aromatic N) is 4. The molecule has 8 nitrogen and oxygen atoms in total. The number of alkyl halides is 3. The fourth-order valence-electron chi connectivity index (χ4n) is 5.11. The van der Waals surface area contributed by atoms with Crippen LogP contribution in [0, 0.1) is 4.91 Å². The number of unbranched alkanes of at least 4 members (excludes halogenated alkanes) is 1. The lowest BCUT2D eigenvalue weighted by atomic mass is 9.99. The summed E-state index contributed by atoms with van der Waals surface area (Å²) < 4.78 is 50.7. The number of fused-ring (bicyclic) bond motifs is 3. The fourth-order valence-corrected chi connectivity index (χ4v) is 5.24. The van der Waals surface area contributed by atoms with Crippen LogP contribution in [-0.4, -0.2) is 45.1 Å². The second kappa shape index (κ2) is 10.9. The van der Waals surface area contributed by atoms with Crippen LogP contribution in [0.25, 0.3) is 0 Å². The topological polar surface area (TPSA) is 76.7 Å². The van der Waals surface area contributed by atoms with E-state index in [0.29, 0.717) is 36.6 Å². The maximum atomic E-state index is 13.9. The summed E-state index contributed by atoms with van der Waals surface area (Å²) in [4.78, 5) is 33.9. The fraction of sp³-hybridized carbons (Fsp3) is 0.407. The molecule has 206 valence electrons. The Morgan fingerprint density at radius 1 is 1.15 bits per heavy atom. The minimum Gasteiger partial charge on any atom is -0.408 e. The first-order valence-electron chi connectivity index (χ1n) is 12.8. The van der Waals surface area contributed by atoms with Crippen LogP contribution >= 0.6 is 11.6 Å². The molecular formula is C27H27ClF3N4O4+. The van der Waals surface area contributed by atoms with Gasteiger partial charge in [0.2, 0.25) is 17.6 Å². The van der Waals surface area contributed by atoms with Gasteiger partial charge in [-0.3, -0.25) is 4.79 Å². The summed E-state index contributed by atoms with van der Waals surface area (Å²) in [5, 5.41) is 0.539. The molecule has 0 N–H and O–H groups in total. The first kappa shape index (κ1) is 27.0. The van der Waals surface area contributed by atoms with Gasteiger partial charge in [-0.15, -0.1) is 18.2 Å². The molecule has 12 heteroatoms. The number of rotatable bonds is 8. The van der Waals surface area contributed by atoms with E-state index in [4.69, 9.17) is 16.3 Å². The molecular weight excluding hydrogens is 537 g/mol. The largest absolute Gasteiger partial charge is 0.573 e. The maximum absolute atomic E-state index is 13.9. The minimum atomic E-state index is -4.86. The molecule has 5 rings (SSSR count). The summed E-state index contributed by atoms with van der Waals surface area (Å²) in [7, 11) is 0. The number of benzene rings is 2. The Morgan fingerprint density at radius 2 is 1.90 bits per heavy atom. The zero-order valence-corrected chi connectivity index (χ0v) is 21.9. The van der Waals surface area contributed by atoms with Crippen molar-refractivity contribution in [2.45, 2.75) is 64.0 Å². The molecule has 0 bridgehead atoms. The predicted molar refractivity (Wildman–Crippen MR) is 138 cm³/mol. The Kier molecular flexibility index (Phi) is 7.53. The highest BCUT2D eigenvalue weighted by molar-refractivity contribution is 6.30. The number of halogens is 4. The molecule has 2 aliphatic heterocycles. The van der Waals surface area contributed by atoms with Crippen molar-refractivity contribution in [1.29, 1.82) is 0 Å². The number of nitroso groups, excluding NO2 is 1. The van der Waals surface area contributed by atoms with Gasteiger partial charge in [0, 0.05) is 17.6 Å². The van der Waals surface area contributed by atoms with Crippen LogP contribution in [0.3, 0.4) is 0 Å².